The summed E-state index contributed by atoms with van der Waals surface area (Å²) in [6.07, 6.45) is 9.51. The second kappa shape index (κ2) is 5.55. The maximum atomic E-state index is 11.5. The molecule has 1 aliphatic carbocycles. The maximum absolute atomic E-state index is 11.5. The number of aromatic nitrogens is 2. The van der Waals surface area contributed by atoms with Crippen LogP contribution in [0, 0.1) is 0 Å². The van der Waals surface area contributed by atoms with E-state index >= 15 is 0 Å². The molecular weight excluding hydrogens is 204 g/mol. The van der Waals surface area contributed by atoms with Gasteiger partial charge in [-0.1, -0.05) is 12.8 Å². The van der Waals surface area contributed by atoms with Gasteiger partial charge in [-0.15, -0.1) is 0 Å². The molecule has 1 aliphatic rings. The molecule has 2 N–H and O–H groups in total. The van der Waals surface area contributed by atoms with Gasteiger partial charge < -0.3 is 10.6 Å². The van der Waals surface area contributed by atoms with Crippen LogP contribution in [0.15, 0.2) is 18.7 Å². The van der Waals surface area contributed by atoms with Crippen LogP contribution in [0.25, 0.3) is 0 Å². The highest BCUT2D eigenvalue weighted by Gasteiger charge is 2.15. The van der Waals surface area contributed by atoms with Gasteiger partial charge in [0.15, 0.2) is 0 Å². The number of anilines is 1. The van der Waals surface area contributed by atoms with Gasteiger partial charge in [0, 0.05) is 6.04 Å². The number of hydrogen-bond donors (Lipinski definition) is 2. The Morgan fingerprint density at radius 1 is 1.31 bits per heavy atom. The van der Waals surface area contributed by atoms with Gasteiger partial charge in [0.2, 0.25) is 5.91 Å². The highest BCUT2D eigenvalue weighted by Crippen LogP contribution is 2.17. The normalized spacial score (nSPS) is 16.2. The molecule has 0 saturated heterocycles. The summed E-state index contributed by atoms with van der Waals surface area (Å²) in [7, 11) is 0. The average Bonchev–Trinajstić information content (AvgIpc) is 2.81. The minimum Gasteiger partial charge on any atom is -0.322 e. The molecule has 0 bridgehead atoms. The van der Waals surface area contributed by atoms with Crippen molar-refractivity contribution < 1.29 is 4.79 Å². The van der Waals surface area contributed by atoms with Gasteiger partial charge in [0.1, 0.15) is 6.33 Å². The first-order valence-electron chi connectivity index (χ1n) is 5.63. The number of nitrogens with one attached hydrogen (secondary N) is 2. The lowest BCUT2D eigenvalue weighted by atomic mass is 10.2. The van der Waals surface area contributed by atoms with E-state index in [2.05, 4.69) is 20.6 Å². The second-order valence-electron chi connectivity index (χ2n) is 4.04. The fourth-order valence-electron chi connectivity index (χ4n) is 1.94. The lowest BCUT2D eigenvalue weighted by molar-refractivity contribution is -0.115. The smallest absolute Gasteiger partial charge is 0.238 e. The summed E-state index contributed by atoms with van der Waals surface area (Å²) in [6.45, 7) is 0.361. The minimum absolute atomic E-state index is 0.0401. The van der Waals surface area contributed by atoms with Crippen molar-refractivity contribution in [3.8, 4) is 0 Å². The molecule has 16 heavy (non-hydrogen) atoms. The minimum atomic E-state index is -0.0401. The molecule has 0 aliphatic heterocycles. The summed E-state index contributed by atoms with van der Waals surface area (Å²) in [4.78, 5) is 19.2. The lowest BCUT2D eigenvalue weighted by Crippen LogP contribution is -2.34. The summed E-state index contributed by atoms with van der Waals surface area (Å²) >= 11 is 0. The number of nitrogens with zero attached hydrogens (tertiary/aromatic N) is 2. The molecule has 1 saturated carbocycles. The van der Waals surface area contributed by atoms with E-state index in [0.29, 0.717) is 18.3 Å². The predicted molar refractivity (Wildman–Crippen MR) is 60.9 cm³/mol. The van der Waals surface area contributed by atoms with E-state index in [9.17, 15) is 4.79 Å². The zero-order valence-corrected chi connectivity index (χ0v) is 9.15. The van der Waals surface area contributed by atoms with Crippen molar-refractivity contribution in [3.63, 3.8) is 0 Å². The Bertz CT molecular complexity index is 335. The summed E-state index contributed by atoms with van der Waals surface area (Å²) in [6, 6.07) is 0.512. The van der Waals surface area contributed by atoms with Crippen LogP contribution in [-0.2, 0) is 4.79 Å². The zero-order valence-electron chi connectivity index (χ0n) is 9.15. The number of hydrogen-bond acceptors (Lipinski definition) is 4. The molecule has 1 aromatic heterocycles. The van der Waals surface area contributed by atoms with Crippen molar-refractivity contribution in [3.05, 3.63) is 18.7 Å². The van der Waals surface area contributed by atoms with Crippen LogP contribution < -0.4 is 10.6 Å². The first-order chi connectivity index (χ1) is 7.84. The quantitative estimate of drug-likeness (QED) is 0.792. The SMILES string of the molecule is O=C(CNC1CCCC1)Nc1cncnc1. The molecule has 0 atom stereocenters. The molecule has 5 heteroatoms. The molecule has 0 spiro atoms. The molecule has 1 amide bonds. The van der Waals surface area contributed by atoms with Crippen LogP contribution in [0.1, 0.15) is 25.7 Å². The fraction of sp³-hybridized carbons (Fsp3) is 0.545. The molecular formula is C11H16N4O. The van der Waals surface area contributed by atoms with Crippen LogP contribution >= 0.6 is 0 Å². The van der Waals surface area contributed by atoms with Crippen molar-refractivity contribution in [2.75, 3.05) is 11.9 Å². The summed E-state index contributed by atoms with van der Waals surface area (Å²) in [5.41, 5.74) is 0.640. The average molecular weight is 220 g/mol. The molecule has 1 heterocycles. The third kappa shape index (κ3) is 3.27. The summed E-state index contributed by atoms with van der Waals surface area (Å²) in [5.74, 6) is -0.0401. The first kappa shape index (κ1) is 11.0. The zero-order chi connectivity index (χ0) is 11.2. The Balaban J connectivity index is 1.72. The maximum Gasteiger partial charge on any atom is 0.238 e. The van der Waals surface area contributed by atoms with Crippen molar-refractivity contribution in [2.24, 2.45) is 0 Å². The molecule has 2 rings (SSSR count). The molecule has 5 nitrogen and oxygen atoms in total. The van der Waals surface area contributed by atoms with E-state index in [1.807, 2.05) is 0 Å². The van der Waals surface area contributed by atoms with Crippen LogP contribution in [0.5, 0.6) is 0 Å². The molecule has 0 radical (unpaired) electrons. The molecule has 0 unspecified atom stereocenters. The van der Waals surface area contributed by atoms with Gasteiger partial charge >= 0.3 is 0 Å². The van der Waals surface area contributed by atoms with Crippen molar-refractivity contribution in [1.82, 2.24) is 15.3 Å². The molecule has 86 valence electrons. The number of carbonyl (C=O) groups excluding carboxylic acids is 1. The Morgan fingerprint density at radius 3 is 2.69 bits per heavy atom. The van der Waals surface area contributed by atoms with E-state index in [-0.39, 0.29) is 5.91 Å². The van der Waals surface area contributed by atoms with E-state index in [1.165, 1.54) is 32.0 Å². The van der Waals surface area contributed by atoms with Gasteiger partial charge in [0.25, 0.3) is 0 Å². The van der Waals surface area contributed by atoms with Crippen molar-refractivity contribution in [1.29, 1.82) is 0 Å². The summed E-state index contributed by atoms with van der Waals surface area (Å²) < 4.78 is 0. The van der Waals surface area contributed by atoms with E-state index in [4.69, 9.17) is 0 Å². The Kier molecular flexibility index (Phi) is 3.82. The number of rotatable bonds is 4. The van der Waals surface area contributed by atoms with Gasteiger partial charge in [-0.3, -0.25) is 4.79 Å². The highest BCUT2D eigenvalue weighted by atomic mass is 16.1. The van der Waals surface area contributed by atoms with E-state index in [1.54, 1.807) is 12.4 Å². The number of carbonyl (C=O) groups is 1. The van der Waals surface area contributed by atoms with E-state index < -0.39 is 0 Å². The third-order valence-electron chi connectivity index (χ3n) is 2.75. The monoisotopic (exact) mass is 220 g/mol. The lowest BCUT2D eigenvalue weighted by Gasteiger charge is -2.11. The largest absolute Gasteiger partial charge is 0.322 e. The van der Waals surface area contributed by atoms with Crippen molar-refractivity contribution >= 4 is 11.6 Å². The Hall–Kier alpha value is -1.49. The van der Waals surface area contributed by atoms with Crippen LogP contribution in [-0.4, -0.2) is 28.5 Å². The first-order valence-corrected chi connectivity index (χ1v) is 5.63. The molecule has 1 aromatic rings. The van der Waals surface area contributed by atoms with E-state index in [0.717, 1.165) is 0 Å². The third-order valence-corrected chi connectivity index (χ3v) is 2.75. The fourth-order valence-corrected chi connectivity index (χ4v) is 1.94. The van der Waals surface area contributed by atoms with Crippen LogP contribution in [0.2, 0.25) is 0 Å². The van der Waals surface area contributed by atoms with Crippen LogP contribution in [0.3, 0.4) is 0 Å². The molecule has 0 aromatic carbocycles. The standard InChI is InChI=1S/C11H16N4O/c16-11(7-14-9-3-1-2-4-9)15-10-5-12-8-13-6-10/h5-6,8-9,14H,1-4,7H2,(H,15,16). The van der Waals surface area contributed by atoms with Crippen LogP contribution in [0.4, 0.5) is 5.69 Å². The Morgan fingerprint density at radius 2 is 2.00 bits per heavy atom. The van der Waals surface area contributed by atoms with Gasteiger partial charge in [-0.05, 0) is 12.8 Å². The number of amides is 1. The van der Waals surface area contributed by atoms with Gasteiger partial charge in [0.05, 0.1) is 24.6 Å². The van der Waals surface area contributed by atoms with Gasteiger partial charge in [-0.2, -0.15) is 0 Å². The van der Waals surface area contributed by atoms with Gasteiger partial charge in [-0.25, -0.2) is 9.97 Å². The Labute approximate surface area is 94.7 Å². The van der Waals surface area contributed by atoms with Crippen molar-refractivity contribution in [2.45, 2.75) is 31.7 Å². The second-order valence-corrected chi connectivity index (χ2v) is 4.04. The highest BCUT2D eigenvalue weighted by molar-refractivity contribution is 5.91. The topological polar surface area (TPSA) is 66.9 Å². The predicted octanol–water partition coefficient (Wildman–Crippen LogP) is 0.947. The summed E-state index contributed by atoms with van der Waals surface area (Å²) in [5, 5.41) is 5.99. The molecule has 1 fully saturated rings.